The molecular weight excluding hydrogens is 282 g/mol. The van der Waals surface area contributed by atoms with Crippen LogP contribution in [-0.2, 0) is 16.1 Å². The highest BCUT2D eigenvalue weighted by Crippen LogP contribution is 2.25. The molecule has 2 amide bonds. The van der Waals surface area contributed by atoms with Crippen LogP contribution in [0.3, 0.4) is 0 Å². The molecule has 1 aliphatic rings. The summed E-state index contributed by atoms with van der Waals surface area (Å²) in [6.45, 7) is 3.39. The van der Waals surface area contributed by atoms with Gasteiger partial charge in [-0.25, -0.2) is 0 Å². The summed E-state index contributed by atoms with van der Waals surface area (Å²) in [4.78, 5) is 25.0. The molecule has 6 heteroatoms. The lowest BCUT2D eigenvalue weighted by atomic mass is 10.1. The van der Waals surface area contributed by atoms with E-state index in [1.165, 1.54) is 4.90 Å². The molecule has 1 aromatic heterocycles. The normalized spacial score (nSPS) is 13.6. The molecule has 2 heterocycles. The molecule has 1 aliphatic heterocycles. The van der Waals surface area contributed by atoms with E-state index in [0.29, 0.717) is 24.5 Å². The lowest BCUT2D eigenvalue weighted by molar-refractivity contribution is -0.148. The van der Waals surface area contributed by atoms with Crippen LogP contribution < -0.4 is 5.32 Å². The molecule has 1 N–H and O–H groups in total. The number of likely N-dealkylation sites (tertiary alicyclic amines) is 1. The van der Waals surface area contributed by atoms with Gasteiger partial charge in [0.2, 0.25) is 0 Å². The van der Waals surface area contributed by atoms with Gasteiger partial charge < -0.3 is 14.7 Å². The van der Waals surface area contributed by atoms with Crippen molar-refractivity contribution in [3.05, 3.63) is 41.6 Å². The van der Waals surface area contributed by atoms with Gasteiger partial charge in [0, 0.05) is 24.2 Å². The molecule has 1 fully saturated rings. The van der Waals surface area contributed by atoms with Gasteiger partial charge in [-0.2, -0.15) is 0 Å². The third-order valence-corrected chi connectivity index (χ3v) is 3.81. The molecule has 0 spiro atoms. The van der Waals surface area contributed by atoms with Crippen molar-refractivity contribution in [2.45, 2.75) is 19.9 Å². The first-order valence-corrected chi connectivity index (χ1v) is 7.24. The number of aromatic nitrogens is 1. The fraction of sp³-hybridized carbons (Fsp3) is 0.312. The summed E-state index contributed by atoms with van der Waals surface area (Å²) in [7, 11) is 0. The third kappa shape index (κ3) is 2.72. The Kier molecular flexibility index (Phi) is 3.91. The Bertz CT molecular complexity index is 690. The molecule has 1 aromatic carbocycles. The van der Waals surface area contributed by atoms with Gasteiger partial charge in [0.25, 0.3) is 0 Å². The smallest absolute Gasteiger partial charge is 0.311 e. The van der Waals surface area contributed by atoms with E-state index < -0.39 is 11.8 Å². The van der Waals surface area contributed by atoms with Gasteiger partial charge in [0.1, 0.15) is 5.69 Å². The van der Waals surface area contributed by atoms with Crippen LogP contribution >= 0.6 is 0 Å². The van der Waals surface area contributed by atoms with Crippen molar-refractivity contribution in [1.82, 2.24) is 15.4 Å². The molecule has 22 heavy (non-hydrogen) atoms. The Hall–Kier alpha value is -2.63. The van der Waals surface area contributed by atoms with Crippen molar-refractivity contribution in [3.63, 3.8) is 0 Å². The zero-order valence-electron chi connectivity index (χ0n) is 12.3. The fourth-order valence-electron chi connectivity index (χ4n) is 2.29. The largest absolute Gasteiger partial charge is 0.356 e. The van der Waals surface area contributed by atoms with E-state index in [2.05, 4.69) is 10.5 Å². The minimum absolute atomic E-state index is 0.181. The summed E-state index contributed by atoms with van der Waals surface area (Å²) < 4.78 is 5.36. The summed E-state index contributed by atoms with van der Waals surface area (Å²) in [5.41, 5.74) is 2.42. The molecule has 2 aromatic rings. The van der Waals surface area contributed by atoms with Gasteiger partial charge in [0.15, 0.2) is 5.76 Å². The van der Waals surface area contributed by atoms with E-state index in [4.69, 9.17) is 4.52 Å². The summed E-state index contributed by atoms with van der Waals surface area (Å²) in [6, 6.07) is 9.64. The molecule has 114 valence electrons. The van der Waals surface area contributed by atoms with Crippen LogP contribution in [0.2, 0.25) is 0 Å². The van der Waals surface area contributed by atoms with E-state index in [9.17, 15) is 9.59 Å². The van der Waals surface area contributed by atoms with Crippen molar-refractivity contribution >= 4 is 11.8 Å². The van der Waals surface area contributed by atoms with Crippen LogP contribution in [0.5, 0.6) is 0 Å². The molecule has 0 atom stereocenters. The van der Waals surface area contributed by atoms with Gasteiger partial charge in [0.05, 0.1) is 6.54 Å². The van der Waals surface area contributed by atoms with Crippen LogP contribution in [0.25, 0.3) is 11.3 Å². The molecule has 6 nitrogen and oxygen atoms in total. The molecule has 0 saturated carbocycles. The van der Waals surface area contributed by atoms with E-state index in [1.54, 1.807) is 0 Å². The molecule has 0 aliphatic carbocycles. The topological polar surface area (TPSA) is 75.4 Å². The van der Waals surface area contributed by atoms with Crippen molar-refractivity contribution in [2.24, 2.45) is 0 Å². The number of amides is 2. The first-order chi connectivity index (χ1) is 10.7. The Balaban J connectivity index is 1.65. The van der Waals surface area contributed by atoms with Gasteiger partial charge in [-0.3, -0.25) is 9.59 Å². The Labute approximate surface area is 128 Å². The molecule has 1 saturated heterocycles. The van der Waals surface area contributed by atoms with Gasteiger partial charge in [-0.1, -0.05) is 35.5 Å². The van der Waals surface area contributed by atoms with Crippen LogP contribution in [0.4, 0.5) is 0 Å². The van der Waals surface area contributed by atoms with Crippen molar-refractivity contribution < 1.29 is 14.1 Å². The molecule has 0 unspecified atom stereocenters. The van der Waals surface area contributed by atoms with E-state index in [0.717, 1.165) is 17.5 Å². The van der Waals surface area contributed by atoms with Crippen molar-refractivity contribution in [3.8, 4) is 11.3 Å². The SMILES string of the molecule is Cc1c(CNC(=O)C(=O)N2CCC2)noc1-c1ccccc1. The molecular formula is C16H17N3O3. The van der Waals surface area contributed by atoms with E-state index >= 15 is 0 Å². The van der Waals surface area contributed by atoms with Crippen molar-refractivity contribution in [2.75, 3.05) is 13.1 Å². The second-order valence-electron chi connectivity index (χ2n) is 5.28. The second kappa shape index (κ2) is 6.01. The number of carbonyl (C=O) groups is 2. The lowest BCUT2D eigenvalue weighted by Gasteiger charge is -2.29. The number of carbonyl (C=O) groups excluding carboxylic acids is 2. The maximum absolute atomic E-state index is 11.8. The van der Waals surface area contributed by atoms with Crippen LogP contribution in [0, 0.1) is 6.92 Å². The van der Waals surface area contributed by atoms with E-state index in [-0.39, 0.29) is 6.54 Å². The average Bonchev–Trinajstić information content (AvgIpc) is 2.85. The highest BCUT2D eigenvalue weighted by atomic mass is 16.5. The Morgan fingerprint density at radius 1 is 1.27 bits per heavy atom. The number of hydrogen-bond acceptors (Lipinski definition) is 4. The lowest BCUT2D eigenvalue weighted by Crippen LogP contribution is -2.49. The second-order valence-corrected chi connectivity index (χ2v) is 5.28. The monoisotopic (exact) mass is 299 g/mol. The quantitative estimate of drug-likeness (QED) is 0.871. The summed E-state index contributed by atoms with van der Waals surface area (Å²) >= 11 is 0. The van der Waals surface area contributed by atoms with Crippen LogP contribution in [0.15, 0.2) is 34.9 Å². The zero-order chi connectivity index (χ0) is 15.5. The number of rotatable bonds is 3. The molecule has 0 radical (unpaired) electrons. The van der Waals surface area contributed by atoms with Gasteiger partial charge in [-0.15, -0.1) is 0 Å². The van der Waals surface area contributed by atoms with Crippen LogP contribution in [0.1, 0.15) is 17.7 Å². The minimum Gasteiger partial charge on any atom is -0.356 e. The molecule has 0 bridgehead atoms. The molecule has 3 rings (SSSR count). The summed E-state index contributed by atoms with van der Waals surface area (Å²) in [6.07, 6.45) is 0.960. The standard InChI is InChI=1S/C16H17N3O3/c1-11-13(10-17-15(20)16(21)19-8-5-9-19)18-22-14(11)12-6-3-2-4-7-12/h2-4,6-7H,5,8-10H2,1H3,(H,17,20). The van der Waals surface area contributed by atoms with Crippen LogP contribution in [-0.4, -0.2) is 35.0 Å². The summed E-state index contributed by atoms with van der Waals surface area (Å²) in [5, 5.41) is 6.59. The number of hydrogen-bond donors (Lipinski definition) is 1. The number of nitrogens with zero attached hydrogens (tertiary/aromatic N) is 2. The zero-order valence-corrected chi connectivity index (χ0v) is 12.3. The predicted molar refractivity (Wildman–Crippen MR) is 79.7 cm³/mol. The number of nitrogens with one attached hydrogen (secondary N) is 1. The predicted octanol–water partition coefficient (Wildman–Crippen LogP) is 1.50. The first-order valence-electron chi connectivity index (χ1n) is 7.24. The Morgan fingerprint density at radius 2 is 2.00 bits per heavy atom. The number of benzene rings is 1. The van der Waals surface area contributed by atoms with Crippen molar-refractivity contribution in [1.29, 1.82) is 0 Å². The third-order valence-electron chi connectivity index (χ3n) is 3.81. The first kappa shape index (κ1) is 14.3. The average molecular weight is 299 g/mol. The maximum atomic E-state index is 11.8. The Morgan fingerprint density at radius 3 is 2.64 bits per heavy atom. The van der Waals surface area contributed by atoms with Gasteiger partial charge >= 0.3 is 11.8 Å². The highest BCUT2D eigenvalue weighted by molar-refractivity contribution is 6.35. The fourth-order valence-corrected chi connectivity index (χ4v) is 2.29. The minimum atomic E-state index is -0.594. The highest BCUT2D eigenvalue weighted by Gasteiger charge is 2.26. The summed E-state index contributed by atoms with van der Waals surface area (Å²) in [5.74, 6) is -0.391. The van der Waals surface area contributed by atoms with E-state index in [1.807, 2.05) is 37.3 Å². The van der Waals surface area contributed by atoms with Gasteiger partial charge in [-0.05, 0) is 13.3 Å². The maximum Gasteiger partial charge on any atom is 0.311 e.